The Morgan fingerprint density at radius 3 is 2.76 bits per heavy atom. The molecule has 0 saturated heterocycles. The number of hydrogen-bond donors (Lipinski definition) is 1. The van der Waals surface area contributed by atoms with Gasteiger partial charge < -0.3 is 15.0 Å². The Kier molecular flexibility index (Phi) is 6.39. The highest BCUT2D eigenvalue weighted by Crippen LogP contribution is 2.16. The summed E-state index contributed by atoms with van der Waals surface area (Å²) in [5, 5.41) is 4.20. The SMILES string of the molecule is COCCN(C)CCNc1nc(C(C)C)ns1. The van der Waals surface area contributed by atoms with E-state index in [9.17, 15) is 0 Å². The van der Waals surface area contributed by atoms with Gasteiger partial charge in [-0.15, -0.1) is 0 Å². The van der Waals surface area contributed by atoms with E-state index in [0.717, 1.165) is 37.2 Å². The van der Waals surface area contributed by atoms with E-state index < -0.39 is 0 Å². The van der Waals surface area contributed by atoms with Crippen molar-refractivity contribution in [1.29, 1.82) is 0 Å². The fourth-order valence-electron chi connectivity index (χ4n) is 1.25. The van der Waals surface area contributed by atoms with Crippen LogP contribution in [0.3, 0.4) is 0 Å². The highest BCUT2D eigenvalue weighted by atomic mass is 32.1. The lowest BCUT2D eigenvalue weighted by Gasteiger charge is -2.15. The van der Waals surface area contributed by atoms with E-state index in [1.807, 2.05) is 0 Å². The smallest absolute Gasteiger partial charge is 0.202 e. The highest BCUT2D eigenvalue weighted by Gasteiger charge is 2.07. The molecule has 1 aromatic rings. The number of methoxy groups -OCH3 is 1. The third-order valence-electron chi connectivity index (χ3n) is 2.41. The van der Waals surface area contributed by atoms with Crippen LogP contribution >= 0.6 is 11.5 Å². The van der Waals surface area contributed by atoms with Crippen molar-refractivity contribution in [2.75, 3.05) is 45.7 Å². The molecule has 1 aromatic heterocycles. The number of likely N-dealkylation sites (N-methyl/N-ethyl adjacent to an activating group) is 1. The molecule has 0 saturated carbocycles. The van der Waals surface area contributed by atoms with Gasteiger partial charge in [0.05, 0.1) is 6.61 Å². The molecule has 0 aliphatic rings. The van der Waals surface area contributed by atoms with Crippen LogP contribution in [0.25, 0.3) is 0 Å². The molecule has 17 heavy (non-hydrogen) atoms. The molecule has 98 valence electrons. The zero-order valence-electron chi connectivity index (χ0n) is 11.1. The summed E-state index contributed by atoms with van der Waals surface area (Å²) in [5.41, 5.74) is 0. The first kappa shape index (κ1) is 14.3. The van der Waals surface area contributed by atoms with Crippen molar-refractivity contribution in [3.05, 3.63) is 5.82 Å². The zero-order chi connectivity index (χ0) is 12.7. The largest absolute Gasteiger partial charge is 0.383 e. The summed E-state index contributed by atoms with van der Waals surface area (Å²) in [4.78, 5) is 6.64. The van der Waals surface area contributed by atoms with E-state index in [4.69, 9.17) is 4.74 Å². The van der Waals surface area contributed by atoms with Crippen LogP contribution in [0, 0.1) is 0 Å². The van der Waals surface area contributed by atoms with Gasteiger partial charge in [-0.25, -0.2) is 4.98 Å². The third kappa shape index (κ3) is 5.43. The molecule has 5 nitrogen and oxygen atoms in total. The van der Waals surface area contributed by atoms with Crippen LogP contribution in [0.4, 0.5) is 5.13 Å². The van der Waals surface area contributed by atoms with E-state index in [0.29, 0.717) is 5.92 Å². The lowest BCUT2D eigenvalue weighted by molar-refractivity contribution is 0.163. The summed E-state index contributed by atoms with van der Waals surface area (Å²) in [5.74, 6) is 1.32. The van der Waals surface area contributed by atoms with Gasteiger partial charge in [0.25, 0.3) is 0 Å². The van der Waals surface area contributed by atoms with Gasteiger partial charge in [0.2, 0.25) is 5.13 Å². The molecule has 0 unspecified atom stereocenters. The Labute approximate surface area is 107 Å². The predicted molar refractivity (Wildman–Crippen MR) is 71.9 cm³/mol. The second-order valence-electron chi connectivity index (χ2n) is 4.34. The molecule has 1 heterocycles. The van der Waals surface area contributed by atoms with Crippen molar-refractivity contribution >= 4 is 16.7 Å². The molecular weight excluding hydrogens is 236 g/mol. The second kappa shape index (κ2) is 7.58. The van der Waals surface area contributed by atoms with Crippen LogP contribution in [0.5, 0.6) is 0 Å². The van der Waals surface area contributed by atoms with Gasteiger partial charge in [0.1, 0.15) is 5.82 Å². The molecular formula is C11H22N4OS. The van der Waals surface area contributed by atoms with E-state index in [1.54, 1.807) is 7.11 Å². The molecule has 1 N–H and O–H groups in total. The number of rotatable bonds is 8. The van der Waals surface area contributed by atoms with E-state index in [2.05, 4.69) is 40.5 Å². The Hall–Kier alpha value is -0.720. The molecule has 0 amide bonds. The zero-order valence-corrected chi connectivity index (χ0v) is 11.9. The Bertz CT molecular complexity index is 316. The van der Waals surface area contributed by atoms with Gasteiger partial charge >= 0.3 is 0 Å². The van der Waals surface area contributed by atoms with Gasteiger partial charge in [-0.1, -0.05) is 13.8 Å². The summed E-state index contributed by atoms with van der Waals surface area (Å²) in [7, 11) is 3.81. The second-order valence-corrected chi connectivity index (χ2v) is 5.09. The molecule has 0 spiro atoms. The van der Waals surface area contributed by atoms with Gasteiger partial charge in [-0.3, -0.25) is 0 Å². The van der Waals surface area contributed by atoms with Crippen LogP contribution < -0.4 is 5.32 Å². The topological polar surface area (TPSA) is 50.3 Å². The Balaban J connectivity index is 2.21. The van der Waals surface area contributed by atoms with Gasteiger partial charge in [-0.2, -0.15) is 4.37 Å². The number of anilines is 1. The minimum atomic E-state index is 0.395. The number of hydrogen-bond acceptors (Lipinski definition) is 6. The molecule has 0 aliphatic carbocycles. The maximum Gasteiger partial charge on any atom is 0.202 e. The quantitative estimate of drug-likeness (QED) is 0.768. The summed E-state index contributed by atoms with van der Waals surface area (Å²) < 4.78 is 9.32. The lowest BCUT2D eigenvalue weighted by atomic mass is 10.2. The summed E-state index contributed by atoms with van der Waals surface area (Å²) in [6.45, 7) is 7.78. The van der Waals surface area contributed by atoms with Crippen molar-refractivity contribution in [1.82, 2.24) is 14.3 Å². The summed E-state index contributed by atoms with van der Waals surface area (Å²) >= 11 is 1.43. The van der Waals surface area contributed by atoms with Crippen LogP contribution in [-0.2, 0) is 4.74 Å². The monoisotopic (exact) mass is 258 g/mol. The normalized spacial score (nSPS) is 11.4. The Morgan fingerprint density at radius 1 is 1.41 bits per heavy atom. The molecule has 6 heteroatoms. The molecule has 0 aromatic carbocycles. The van der Waals surface area contributed by atoms with Gasteiger partial charge in [0, 0.05) is 44.2 Å². The maximum atomic E-state index is 5.02. The fraction of sp³-hybridized carbons (Fsp3) is 0.818. The molecule has 0 radical (unpaired) electrons. The first-order chi connectivity index (χ1) is 8.13. The van der Waals surface area contributed by atoms with Crippen LogP contribution in [0.2, 0.25) is 0 Å². The fourth-order valence-corrected chi connectivity index (χ4v) is 1.99. The maximum absolute atomic E-state index is 5.02. The molecule has 0 atom stereocenters. The number of aromatic nitrogens is 2. The number of ether oxygens (including phenoxy) is 1. The molecule has 1 rings (SSSR count). The number of nitrogens with zero attached hydrogens (tertiary/aromatic N) is 3. The first-order valence-electron chi connectivity index (χ1n) is 5.88. The van der Waals surface area contributed by atoms with Crippen molar-refractivity contribution in [2.45, 2.75) is 19.8 Å². The van der Waals surface area contributed by atoms with Crippen molar-refractivity contribution in [3.63, 3.8) is 0 Å². The Morgan fingerprint density at radius 2 is 2.18 bits per heavy atom. The van der Waals surface area contributed by atoms with Gasteiger partial charge in [-0.05, 0) is 7.05 Å². The van der Waals surface area contributed by atoms with E-state index >= 15 is 0 Å². The van der Waals surface area contributed by atoms with Crippen LogP contribution in [0.15, 0.2) is 0 Å². The molecule has 0 bridgehead atoms. The van der Waals surface area contributed by atoms with Gasteiger partial charge in [0.15, 0.2) is 0 Å². The third-order valence-corrected chi connectivity index (χ3v) is 3.09. The number of nitrogens with one attached hydrogen (secondary N) is 1. The predicted octanol–water partition coefficient (Wildman–Crippen LogP) is 1.65. The van der Waals surface area contributed by atoms with Crippen LogP contribution in [0.1, 0.15) is 25.6 Å². The summed E-state index contributed by atoms with van der Waals surface area (Å²) in [6.07, 6.45) is 0. The van der Waals surface area contributed by atoms with Crippen molar-refractivity contribution in [2.24, 2.45) is 0 Å². The summed E-state index contributed by atoms with van der Waals surface area (Å²) in [6, 6.07) is 0. The minimum absolute atomic E-state index is 0.395. The average molecular weight is 258 g/mol. The van der Waals surface area contributed by atoms with E-state index in [-0.39, 0.29) is 0 Å². The average Bonchev–Trinajstić information content (AvgIpc) is 2.75. The minimum Gasteiger partial charge on any atom is -0.383 e. The molecule has 0 aliphatic heterocycles. The van der Waals surface area contributed by atoms with Crippen molar-refractivity contribution in [3.8, 4) is 0 Å². The molecule has 0 fully saturated rings. The van der Waals surface area contributed by atoms with E-state index in [1.165, 1.54) is 11.5 Å². The van der Waals surface area contributed by atoms with Crippen molar-refractivity contribution < 1.29 is 4.74 Å². The standard InChI is InChI=1S/C11H22N4OS/c1-9(2)10-13-11(17-14-10)12-5-6-15(3)7-8-16-4/h9H,5-8H2,1-4H3,(H,12,13,14). The highest BCUT2D eigenvalue weighted by molar-refractivity contribution is 7.09. The lowest BCUT2D eigenvalue weighted by Crippen LogP contribution is -2.28. The first-order valence-corrected chi connectivity index (χ1v) is 6.65. The van der Waals surface area contributed by atoms with Crippen LogP contribution in [-0.4, -0.2) is 54.7 Å².